The number of likely N-dealkylation sites (N-methyl/N-ethyl adjacent to an activating group) is 1. The van der Waals surface area contributed by atoms with E-state index in [-0.39, 0.29) is 0 Å². The molecule has 2 N–H and O–H groups in total. The van der Waals surface area contributed by atoms with Crippen molar-refractivity contribution in [1.82, 2.24) is 15.1 Å². The number of imide groups is 1. The predicted molar refractivity (Wildman–Crippen MR) is 111 cm³/mol. The standard InChI is InChI=1S/C22H25FN4O3/c1-22(16-6-8-17(23)9-7-16)20(29)27(21(30)25-22)14-19(28)24-18-10-4-15(5-11-18)12-13-26(2)3/h4-11H,12-14H2,1-3H3,(H,24,28)(H,25,30). The molecular formula is C22H25FN4O3. The van der Waals surface area contributed by atoms with Gasteiger partial charge in [0.15, 0.2) is 0 Å². The Balaban J connectivity index is 1.63. The summed E-state index contributed by atoms with van der Waals surface area (Å²) in [5.74, 6) is -1.49. The fourth-order valence-corrected chi connectivity index (χ4v) is 3.27. The number of rotatable bonds is 7. The van der Waals surface area contributed by atoms with Gasteiger partial charge >= 0.3 is 6.03 Å². The molecule has 1 saturated heterocycles. The van der Waals surface area contributed by atoms with Crippen LogP contribution in [0.15, 0.2) is 48.5 Å². The van der Waals surface area contributed by atoms with Gasteiger partial charge < -0.3 is 15.5 Å². The summed E-state index contributed by atoms with van der Waals surface area (Å²) in [6, 6.07) is 12.1. The summed E-state index contributed by atoms with van der Waals surface area (Å²) in [5.41, 5.74) is 0.824. The smallest absolute Gasteiger partial charge is 0.325 e. The van der Waals surface area contributed by atoms with Gasteiger partial charge in [-0.25, -0.2) is 9.18 Å². The van der Waals surface area contributed by atoms with Crippen LogP contribution in [0.4, 0.5) is 14.9 Å². The van der Waals surface area contributed by atoms with Crippen LogP contribution in [0.3, 0.4) is 0 Å². The topological polar surface area (TPSA) is 81.8 Å². The van der Waals surface area contributed by atoms with E-state index >= 15 is 0 Å². The predicted octanol–water partition coefficient (Wildman–Crippen LogP) is 2.34. The molecule has 0 aliphatic carbocycles. The van der Waals surface area contributed by atoms with Crippen LogP contribution in [-0.4, -0.2) is 54.8 Å². The van der Waals surface area contributed by atoms with Gasteiger partial charge in [0, 0.05) is 12.2 Å². The van der Waals surface area contributed by atoms with Gasteiger partial charge in [0.25, 0.3) is 5.91 Å². The van der Waals surface area contributed by atoms with Crippen LogP contribution >= 0.6 is 0 Å². The summed E-state index contributed by atoms with van der Waals surface area (Å²) in [7, 11) is 4.01. The first kappa shape index (κ1) is 21.4. The Morgan fingerprint density at radius 2 is 1.73 bits per heavy atom. The maximum absolute atomic E-state index is 13.2. The summed E-state index contributed by atoms with van der Waals surface area (Å²) in [5, 5.41) is 5.30. The Bertz CT molecular complexity index is 944. The first-order chi connectivity index (χ1) is 14.2. The summed E-state index contributed by atoms with van der Waals surface area (Å²) >= 11 is 0. The lowest BCUT2D eigenvalue weighted by atomic mass is 9.92. The third kappa shape index (κ3) is 4.65. The number of hydrogen-bond acceptors (Lipinski definition) is 4. The average molecular weight is 412 g/mol. The van der Waals surface area contributed by atoms with Crippen LogP contribution < -0.4 is 10.6 Å². The Kier molecular flexibility index (Phi) is 6.17. The number of nitrogens with one attached hydrogen (secondary N) is 2. The van der Waals surface area contributed by atoms with E-state index in [1.165, 1.54) is 31.2 Å². The number of benzene rings is 2. The molecule has 4 amide bonds. The zero-order valence-electron chi connectivity index (χ0n) is 17.2. The fourth-order valence-electron chi connectivity index (χ4n) is 3.27. The molecule has 1 aliphatic heterocycles. The maximum atomic E-state index is 13.2. The third-order valence-electron chi connectivity index (χ3n) is 5.08. The van der Waals surface area contributed by atoms with Crippen molar-refractivity contribution in [2.24, 2.45) is 0 Å². The fraction of sp³-hybridized carbons (Fsp3) is 0.318. The van der Waals surface area contributed by atoms with E-state index in [9.17, 15) is 18.8 Å². The third-order valence-corrected chi connectivity index (χ3v) is 5.08. The molecule has 0 aromatic heterocycles. The second-order valence-electron chi connectivity index (χ2n) is 7.75. The van der Waals surface area contributed by atoms with Crippen molar-refractivity contribution in [2.45, 2.75) is 18.9 Å². The molecule has 8 heteroatoms. The van der Waals surface area contributed by atoms with Crippen LogP contribution in [0, 0.1) is 5.82 Å². The maximum Gasteiger partial charge on any atom is 0.325 e. The van der Waals surface area contributed by atoms with Gasteiger partial charge in [-0.2, -0.15) is 0 Å². The van der Waals surface area contributed by atoms with Gasteiger partial charge in [-0.1, -0.05) is 24.3 Å². The van der Waals surface area contributed by atoms with Crippen molar-refractivity contribution >= 4 is 23.5 Å². The summed E-state index contributed by atoms with van der Waals surface area (Å²) in [6.07, 6.45) is 0.894. The van der Waals surface area contributed by atoms with E-state index in [0.717, 1.165) is 23.4 Å². The van der Waals surface area contributed by atoms with Crippen molar-refractivity contribution < 1.29 is 18.8 Å². The molecule has 3 rings (SSSR count). The zero-order valence-corrected chi connectivity index (χ0v) is 17.2. The number of carbonyl (C=O) groups is 3. The molecule has 0 bridgehead atoms. The van der Waals surface area contributed by atoms with E-state index in [1.807, 2.05) is 26.2 Å². The molecule has 7 nitrogen and oxygen atoms in total. The highest BCUT2D eigenvalue weighted by atomic mass is 19.1. The van der Waals surface area contributed by atoms with Crippen LogP contribution in [0.1, 0.15) is 18.1 Å². The van der Waals surface area contributed by atoms with Gasteiger partial charge in [-0.3, -0.25) is 14.5 Å². The lowest BCUT2D eigenvalue weighted by Crippen LogP contribution is -2.42. The minimum atomic E-state index is -1.35. The second kappa shape index (κ2) is 8.62. The van der Waals surface area contributed by atoms with E-state index in [2.05, 4.69) is 15.5 Å². The summed E-state index contributed by atoms with van der Waals surface area (Å²) in [4.78, 5) is 40.5. The highest BCUT2D eigenvalue weighted by Crippen LogP contribution is 2.28. The van der Waals surface area contributed by atoms with Crippen LogP contribution in [0.2, 0.25) is 0 Å². The van der Waals surface area contributed by atoms with Crippen LogP contribution in [-0.2, 0) is 21.5 Å². The Labute approximate surface area is 174 Å². The molecular weight excluding hydrogens is 387 g/mol. The molecule has 0 radical (unpaired) electrons. The average Bonchev–Trinajstić information content (AvgIpc) is 2.92. The number of anilines is 1. The molecule has 158 valence electrons. The van der Waals surface area contributed by atoms with E-state index in [4.69, 9.17) is 0 Å². The van der Waals surface area contributed by atoms with Crippen molar-refractivity contribution in [3.8, 4) is 0 Å². The van der Waals surface area contributed by atoms with Gasteiger partial charge in [-0.15, -0.1) is 0 Å². The Morgan fingerprint density at radius 1 is 1.10 bits per heavy atom. The molecule has 1 heterocycles. The normalized spacial score (nSPS) is 18.6. The molecule has 0 saturated carbocycles. The minimum absolute atomic E-state index is 0.413. The van der Waals surface area contributed by atoms with Gasteiger partial charge in [0.1, 0.15) is 17.9 Å². The number of amides is 4. The van der Waals surface area contributed by atoms with Crippen molar-refractivity contribution in [2.75, 3.05) is 32.5 Å². The number of nitrogens with zero attached hydrogens (tertiary/aromatic N) is 2. The van der Waals surface area contributed by atoms with E-state index in [1.54, 1.807) is 12.1 Å². The number of urea groups is 1. The van der Waals surface area contributed by atoms with Gasteiger partial charge in [-0.05, 0) is 62.8 Å². The highest BCUT2D eigenvalue weighted by Gasteiger charge is 2.49. The van der Waals surface area contributed by atoms with Crippen molar-refractivity contribution in [1.29, 1.82) is 0 Å². The highest BCUT2D eigenvalue weighted by molar-refractivity contribution is 6.10. The number of carbonyl (C=O) groups excluding carboxylic acids is 3. The van der Waals surface area contributed by atoms with E-state index < -0.39 is 35.7 Å². The first-order valence-electron chi connectivity index (χ1n) is 9.63. The quantitative estimate of drug-likeness (QED) is 0.684. The van der Waals surface area contributed by atoms with Gasteiger partial charge in [0.05, 0.1) is 0 Å². The van der Waals surface area contributed by atoms with Crippen molar-refractivity contribution in [3.63, 3.8) is 0 Å². The summed E-state index contributed by atoms with van der Waals surface area (Å²) in [6.45, 7) is 2.04. The van der Waals surface area contributed by atoms with Gasteiger partial charge in [0.2, 0.25) is 5.91 Å². The monoisotopic (exact) mass is 412 g/mol. The summed E-state index contributed by atoms with van der Waals surface area (Å²) < 4.78 is 13.2. The number of hydrogen-bond donors (Lipinski definition) is 2. The zero-order chi connectivity index (χ0) is 21.9. The molecule has 1 unspecified atom stereocenters. The minimum Gasteiger partial charge on any atom is -0.325 e. The molecule has 0 spiro atoms. The molecule has 30 heavy (non-hydrogen) atoms. The lowest BCUT2D eigenvalue weighted by molar-refractivity contribution is -0.133. The molecule has 1 fully saturated rings. The molecule has 2 aromatic carbocycles. The van der Waals surface area contributed by atoms with Crippen LogP contribution in [0.25, 0.3) is 0 Å². The van der Waals surface area contributed by atoms with Crippen LogP contribution in [0.5, 0.6) is 0 Å². The second-order valence-corrected chi connectivity index (χ2v) is 7.75. The largest absolute Gasteiger partial charge is 0.325 e. The molecule has 1 aliphatic rings. The number of halogens is 1. The van der Waals surface area contributed by atoms with Crippen molar-refractivity contribution in [3.05, 3.63) is 65.5 Å². The molecule has 2 aromatic rings. The first-order valence-corrected chi connectivity index (χ1v) is 9.63. The Morgan fingerprint density at radius 3 is 2.33 bits per heavy atom. The van der Waals surface area contributed by atoms with E-state index in [0.29, 0.717) is 11.3 Å². The Hall–Kier alpha value is -3.26. The lowest BCUT2D eigenvalue weighted by Gasteiger charge is -2.22. The SMILES string of the molecule is CN(C)CCc1ccc(NC(=O)CN2C(=O)NC(C)(c3ccc(F)cc3)C2=O)cc1. The molecule has 1 atom stereocenters.